The number of amides is 2. The van der Waals surface area contributed by atoms with Gasteiger partial charge in [0.2, 0.25) is 11.8 Å². The van der Waals surface area contributed by atoms with Gasteiger partial charge in [-0.2, -0.15) is 0 Å². The topological polar surface area (TPSA) is 58.2 Å². The Balaban J connectivity index is 1.91. The van der Waals surface area contributed by atoms with Crippen molar-refractivity contribution < 1.29 is 9.59 Å². The molecule has 0 fully saturated rings. The molecule has 2 aromatic rings. The van der Waals surface area contributed by atoms with Crippen molar-refractivity contribution in [2.24, 2.45) is 0 Å². The molecular weight excluding hydrogens is 379 g/mol. The summed E-state index contributed by atoms with van der Waals surface area (Å²) in [6, 6.07) is 12.3. The molecule has 0 aliphatic carbocycles. The first-order valence-electron chi connectivity index (χ1n) is 7.75. The fraction of sp³-hybridized carbons (Fsp3) is 0.222. The van der Waals surface area contributed by atoms with Gasteiger partial charge in [0.25, 0.3) is 0 Å². The molecule has 0 saturated heterocycles. The van der Waals surface area contributed by atoms with Crippen LogP contribution in [0.2, 0.25) is 10.0 Å². The van der Waals surface area contributed by atoms with Crippen LogP contribution in [-0.4, -0.2) is 17.6 Å². The molecule has 4 nitrogen and oxygen atoms in total. The fourth-order valence-electron chi connectivity index (χ4n) is 2.04. The summed E-state index contributed by atoms with van der Waals surface area (Å²) in [6.07, 6.45) is 1.28. The highest BCUT2D eigenvalue weighted by molar-refractivity contribution is 8.00. The minimum atomic E-state index is -0.186. The first kappa shape index (κ1) is 19.6. The van der Waals surface area contributed by atoms with Gasteiger partial charge in [-0.25, -0.2) is 0 Å². The van der Waals surface area contributed by atoms with Crippen LogP contribution in [0.5, 0.6) is 0 Å². The number of nitrogens with one attached hydrogen (secondary N) is 2. The van der Waals surface area contributed by atoms with Crippen LogP contribution >= 0.6 is 35.0 Å². The second-order valence-electron chi connectivity index (χ2n) is 5.29. The van der Waals surface area contributed by atoms with Crippen molar-refractivity contribution in [1.29, 1.82) is 0 Å². The number of carbonyl (C=O) groups is 2. The first-order chi connectivity index (χ1) is 12.0. The molecule has 0 aliphatic heterocycles. The molecular formula is C18H18Cl2N2O2S. The molecule has 0 saturated carbocycles. The summed E-state index contributed by atoms with van der Waals surface area (Å²) in [5.41, 5.74) is 1.21. The Bertz CT molecular complexity index is 768. The third kappa shape index (κ3) is 6.61. The Morgan fingerprint density at radius 2 is 1.84 bits per heavy atom. The van der Waals surface area contributed by atoms with Crippen LogP contribution < -0.4 is 10.6 Å². The highest BCUT2D eigenvalue weighted by atomic mass is 35.5. The maximum Gasteiger partial charge on any atom is 0.234 e. The van der Waals surface area contributed by atoms with Gasteiger partial charge in [-0.15, -0.1) is 11.8 Å². The van der Waals surface area contributed by atoms with Gasteiger partial charge in [0, 0.05) is 22.0 Å². The number of carbonyl (C=O) groups excluding carboxylic acids is 2. The van der Waals surface area contributed by atoms with E-state index < -0.39 is 0 Å². The standard InChI is InChI=1S/C18H18Cl2N2O2S/c1-2-4-17(23)21-13-5-3-6-14(10-13)25-11-18(24)22-16-9-12(19)7-8-15(16)20/h3,5-10H,2,4,11H2,1H3,(H,21,23)(H,22,24). The Morgan fingerprint density at radius 3 is 2.60 bits per heavy atom. The van der Waals surface area contributed by atoms with Gasteiger partial charge < -0.3 is 10.6 Å². The number of benzene rings is 2. The lowest BCUT2D eigenvalue weighted by atomic mass is 10.3. The van der Waals surface area contributed by atoms with Crippen molar-refractivity contribution in [3.05, 3.63) is 52.5 Å². The normalized spacial score (nSPS) is 10.4. The van der Waals surface area contributed by atoms with E-state index in [1.54, 1.807) is 18.2 Å². The van der Waals surface area contributed by atoms with E-state index in [9.17, 15) is 9.59 Å². The maximum absolute atomic E-state index is 12.1. The van der Waals surface area contributed by atoms with E-state index >= 15 is 0 Å². The summed E-state index contributed by atoms with van der Waals surface area (Å²) < 4.78 is 0. The largest absolute Gasteiger partial charge is 0.326 e. The van der Waals surface area contributed by atoms with Gasteiger partial charge in [0.1, 0.15) is 0 Å². The Hall–Kier alpha value is -1.69. The van der Waals surface area contributed by atoms with E-state index in [0.29, 0.717) is 22.2 Å². The number of hydrogen-bond acceptors (Lipinski definition) is 3. The van der Waals surface area contributed by atoms with Crippen molar-refractivity contribution in [1.82, 2.24) is 0 Å². The van der Waals surface area contributed by atoms with Gasteiger partial charge in [0.05, 0.1) is 16.5 Å². The molecule has 0 atom stereocenters. The van der Waals surface area contributed by atoms with Gasteiger partial charge in [-0.05, 0) is 42.8 Å². The average Bonchev–Trinajstić information content (AvgIpc) is 2.57. The number of rotatable bonds is 7. The van der Waals surface area contributed by atoms with E-state index in [0.717, 1.165) is 17.0 Å². The SMILES string of the molecule is CCCC(=O)Nc1cccc(SCC(=O)Nc2cc(Cl)ccc2Cl)c1. The lowest BCUT2D eigenvalue weighted by Gasteiger charge is -2.09. The molecule has 132 valence electrons. The van der Waals surface area contributed by atoms with Crippen molar-refractivity contribution in [2.75, 3.05) is 16.4 Å². The molecule has 0 aliphatic rings. The van der Waals surface area contributed by atoms with Gasteiger partial charge in [-0.1, -0.05) is 36.2 Å². The molecule has 0 heterocycles. The number of thioether (sulfide) groups is 1. The second-order valence-corrected chi connectivity index (χ2v) is 7.18. The lowest BCUT2D eigenvalue weighted by molar-refractivity contribution is -0.116. The molecule has 7 heteroatoms. The highest BCUT2D eigenvalue weighted by Gasteiger charge is 2.08. The molecule has 2 aromatic carbocycles. The minimum absolute atomic E-state index is 0.0157. The predicted molar refractivity (Wildman–Crippen MR) is 106 cm³/mol. The van der Waals surface area contributed by atoms with Crippen LogP contribution in [0.1, 0.15) is 19.8 Å². The van der Waals surface area contributed by atoms with Crippen molar-refractivity contribution in [3.63, 3.8) is 0 Å². The summed E-state index contributed by atoms with van der Waals surface area (Å²) in [5.74, 6) is 0.0161. The van der Waals surface area contributed by atoms with Crippen LogP contribution in [-0.2, 0) is 9.59 Å². The van der Waals surface area contributed by atoms with Crippen molar-refractivity contribution in [2.45, 2.75) is 24.7 Å². The third-order valence-electron chi connectivity index (χ3n) is 3.17. The zero-order chi connectivity index (χ0) is 18.2. The van der Waals surface area contributed by atoms with Crippen LogP contribution in [0, 0.1) is 0 Å². The van der Waals surface area contributed by atoms with E-state index in [1.165, 1.54) is 11.8 Å². The highest BCUT2D eigenvalue weighted by Crippen LogP contribution is 2.26. The molecule has 2 amide bonds. The van der Waals surface area contributed by atoms with Gasteiger partial charge in [-0.3, -0.25) is 9.59 Å². The van der Waals surface area contributed by atoms with Crippen LogP contribution in [0.4, 0.5) is 11.4 Å². The average molecular weight is 397 g/mol. The van der Waals surface area contributed by atoms with E-state index in [2.05, 4.69) is 10.6 Å². The summed E-state index contributed by atoms with van der Waals surface area (Å²) >= 11 is 13.3. The maximum atomic E-state index is 12.1. The monoisotopic (exact) mass is 396 g/mol. The molecule has 25 heavy (non-hydrogen) atoms. The van der Waals surface area contributed by atoms with Gasteiger partial charge >= 0.3 is 0 Å². The summed E-state index contributed by atoms with van der Waals surface area (Å²) in [7, 11) is 0. The molecule has 0 aromatic heterocycles. The molecule has 2 rings (SSSR count). The van der Waals surface area contributed by atoms with Crippen molar-refractivity contribution in [3.8, 4) is 0 Å². The van der Waals surface area contributed by atoms with Crippen molar-refractivity contribution >= 4 is 58.2 Å². The van der Waals surface area contributed by atoms with Crippen LogP contribution in [0.15, 0.2) is 47.4 Å². The van der Waals surface area contributed by atoms with E-state index in [4.69, 9.17) is 23.2 Å². The van der Waals surface area contributed by atoms with Gasteiger partial charge in [0.15, 0.2) is 0 Å². The van der Waals surface area contributed by atoms with Crippen LogP contribution in [0.25, 0.3) is 0 Å². The second kappa shape index (κ2) is 9.70. The Morgan fingerprint density at radius 1 is 1.04 bits per heavy atom. The third-order valence-corrected chi connectivity index (χ3v) is 4.73. The molecule has 0 spiro atoms. The van der Waals surface area contributed by atoms with E-state index in [-0.39, 0.29) is 17.6 Å². The predicted octanol–water partition coefficient (Wildman–Crippen LogP) is 5.46. The van der Waals surface area contributed by atoms with E-state index in [1.807, 2.05) is 31.2 Å². The smallest absolute Gasteiger partial charge is 0.234 e. The Kier molecular flexibility index (Phi) is 7.62. The summed E-state index contributed by atoms with van der Waals surface area (Å²) in [4.78, 5) is 24.6. The van der Waals surface area contributed by atoms with Crippen LogP contribution in [0.3, 0.4) is 0 Å². The Labute approximate surface area is 161 Å². The number of hydrogen-bond donors (Lipinski definition) is 2. The number of halogens is 2. The number of anilines is 2. The minimum Gasteiger partial charge on any atom is -0.326 e. The zero-order valence-electron chi connectivity index (χ0n) is 13.6. The quantitative estimate of drug-likeness (QED) is 0.610. The summed E-state index contributed by atoms with van der Waals surface area (Å²) in [6.45, 7) is 1.95. The molecule has 0 radical (unpaired) electrons. The summed E-state index contributed by atoms with van der Waals surface area (Å²) in [5, 5.41) is 6.51. The molecule has 0 unspecified atom stereocenters. The molecule has 0 bridgehead atoms. The molecule has 2 N–H and O–H groups in total. The lowest BCUT2D eigenvalue weighted by Crippen LogP contribution is -2.14. The zero-order valence-corrected chi connectivity index (χ0v) is 16.0. The first-order valence-corrected chi connectivity index (χ1v) is 9.49. The fourth-order valence-corrected chi connectivity index (χ4v) is 3.13.